The third-order valence-corrected chi connectivity index (χ3v) is 7.44. The zero-order valence-corrected chi connectivity index (χ0v) is 23.3. The van der Waals surface area contributed by atoms with Crippen molar-refractivity contribution in [1.82, 2.24) is 14.8 Å². The predicted octanol–water partition coefficient (Wildman–Crippen LogP) is 6.45. The van der Waals surface area contributed by atoms with Crippen molar-refractivity contribution in [3.05, 3.63) is 114 Å². The van der Waals surface area contributed by atoms with Crippen LogP contribution >= 0.6 is 0 Å². The van der Waals surface area contributed by atoms with Crippen LogP contribution in [0.1, 0.15) is 35.3 Å². The van der Waals surface area contributed by atoms with Crippen LogP contribution < -0.4 is 4.74 Å². The van der Waals surface area contributed by atoms with Gasteiger partial charge in [-0.1, -0.05) is 72.8 Å². The highest BCUT2D eigenvalue weighted by Crippen LogP contribution is 2.24. The highest BCUT2D eigenvalue weighted by Gasteiger charge is 2.26. The molecule has 4 aromatic carbocycles. The number of fused-ring (bicyclic) bond motifs is 2. The lowest BCUT2D eigenvalue weighted by atomic mass is 10.0. The molecule has 0 unspecified atom stereocenters. The Labute approximate surface area is 235 Å². The van der Waals surface area contributed by atoms with Crippen molar-refractivity contribution in [2.45, 2.75) is 32.9 Å². The lowest BCUT2D eigenvalue weighted by molar-refractivity contribution is -0.132. The van der Waals surface area contributed by atoms with Gasteiger partial charge in [-0.25, -0.2) is 0 Å². The van der Waals surface area contributed by atoms with E-state index in [1.165, 1.54) is 0 Å². The summed E-state index contributed by atoms with van der Waals surface area (Å²) in [6, 6.07) is 29.4. The van der Waals surface area contributed by atoms with Crippen LogP contribution in [0.15, 0.2) is 97.2 Å². The quantitative estimate of drug-likeness (QED) is 0.224. The molecule has 204 valence electrons. The number of rotatable bonds is 10. The molecule has 5 rings (SSSR count). The van der Waals surface area contributed by atoms with Crippen molar-refractivity contribution in [2.75, 3.05) is 20.2 Å². The number of H-pyrrole nitrogens is 1. The van der Waals surface area contributed by atoms with Gasteiger partial charge in [0.2, 0.25) is 5.91 Å². The van der Waals surface area contributed by atoms with E-state index in [1.54, 1.807) is 12.0 Å². The van der Waals surface area contributed by atoms with Crippen LogP contribution in [-0.2, 0) is 17.8 Å². The van der Waals surface area contributed by atoms with E-state index in [1.807, 2.05) is 104 Å². The Morgan fingerprint density at radius 1 is 0.825 bits per heavy atom. The molecule has 0 aliphatic rings. The zero-order valence-electron chi connectivity index (χ0n) is 23.3. The molecule has 1 aromatic heterocycles. The third kappa shape index (κ3) is 5.71. The van der Waals surface area contributed by atoms with Gasteiger partial charge < -0.3 is 19.5 Å². The van der Waals surface area contributed by atoms with Crippen LogP contribution in [0.5, 0.6) is 5.75 Å². The maximum atomic E-state index is 14.0. The molecule has 0 saturated heterocycles. The van der Waals surface area contributed by atoms with Gasteiger partial charge in [-0.2, -0.15) is 0 Å². The molecule has 1 N–H and O–H groups in total. The Balaban J connectivity index is 1.41. The molecule has 2 amide bonds. The van der Waals surface area contributed by atoms with E-state index in [0.29, 0.717) is 25.1 Å². The van der Waals surface area contributed by atoms with E-state index in [-0.39, 0.29) is 24.4 Å². The van der Waals surface area contributed by atoms with Crippen LogP contribution in [0, 0.1) is 0 Å². The molecule has 0 fully saturated rings. The minimum Gasteiger partial charge on any atom is -0.496 e. The van der Waals surface area contributed by atoms with Crippen molar-refractivity contribution in [3.63, 3.8) is 0 Å². The second-order valence-corrected chi connectivity index (χ2v) is 10.3. The van der Waals surface area contributed by atoms with Gasteiger partial charge in [0.05, 0.1) is 7.11 Å². The van der Waals surface area contributed by atoms with Crippen LogP contribution in [0.2, 0.25) is 0 Å². The van der Waals surface area contributed by atoms with E-state index in [9.17, 15) is 9.59 Å². The monoisotopic (exact) mass is 533 g/mol. The number of para-hydroxylation sites is 2. The highest BCUT2D eigenvalue weighted by molar-refractivity contribution is 6.07. The van der Waals surface area contributed by atoms with Crippen LogP contribution in [-0.4, -0.2) is 52.8 Å². The number of hydrogen-bond acceptors (Lipinski definition) is 3. The average molecular weight is 534 g/mol. The molecule has 0 spiro atoms. The van der Waals surface area contributed by atoms with Gasteiger partial charge >= 0.3 is 0 Å². The standard InChI is InChI=1S/C34H35N3O3/c1-24(2)37(34(39)30-16-10-13-25-11-4-6-14-28(25)30)23-33(38)36(22-27-12-5-9-18-32(27)40-3)20-19-26-21-35-31-17-8-7-15-29(26)31/h4-18,21,24,35H,19-20,22-23H2,1-3H3. The number of hydrogen-bond donors (Lipinski definition) is 1. The van der Waals surface area contributed by atoms with E-state index < -0.39 is 0 Å². The number of carbonyl (C=O) groups excluding carboxylic acids is 2. The fourth-order valence-corrected chi connectivity index (χ4v) is 5.23. The SMILES string of the molecule is COc1ccccc1CN(CCc1c[nH]c2ccccc12)C(=O)CN(C(=O)c1cccc2ccccc12)C(C)C. The molecular weight excluding hydrogens is 498 g/mol. The fourth-order valence-electron chi connectivity index (χ4n) is 5.23. The molecule has 0 radical (unpaired) electrons. The number of benzene rings is 4. The fraction of sp³-hybridized carbons (Fsp3) is 0.235. The molecule has 40 heavy (non-hydrogen) atoms. The number of aromatic amines is 1. The first kappa shape index (κ1) is 27.0. The summed E-state index contributed by atoms with van der Waals surface area (Å²) in [6.07, 6.45) is 2.70. The molecular formula is C34H35N3O3. The minimum atomic E-state index is -0.155. The van der Waals surface area contributed by atoms with E-state index in [4.69, 9.17) is 4.74 Å². The highest BCUT2D eigenvalue weighted by atomic mass is 16.5. The number of nitrogens with one attached hydrogen (secondary N) is 1. The van der Waals surface area contributed by atoms with Gasteiger partial charge in [-0.15, -0.1) is 0 Å². The summed E-state index contributed by atoms with van der Waals surface area (Å²) in [5, 5.41) is 3.04. The first-order valence-corrected chi connectivity index (χ1v) is 13.7. The Bertz CT molecular complexity index is 1630. The number of carbonyl (C=O) groups is 2. The Morgan fingerprint density at radius 3 is 2.33 bits per heavy atom. The molecule has 1 heterocycles. The topological polar surface area (TPSA) is 65.6 Å². The Kier molecular flexibility index (Phi) is 8.15. The van der Waals surface area contributed by atoms with E-state index >= 15 is 0 Å². The maximum absolute atomic E-state index is 14.0. The number of amides is 2. The average Bonchev–Trinajstić information content (AvgIpc) is 3.40. The van der Waals surface area contributed by atoms with Gasteiger partial charge in [-0.3, -0.25) is 9.59 Å². The Hall–Kier alpha value is -4.58. The molecule has 5 aromatic rings. The molecule has 0 atom stereocenters. The second-order valence-electron chi connectivity index (χ2n) is 10.3. The first-order chi connectivity index (χ1) is 19.5. The van der Waals surface area contributed by atoms with Gasteiger partial charge in [0.1, 0.15) is 12.3 Å². The summed E-state index contributed by atoms with van der Waals surface area (Å²) in [5.41, 5.74) is 3.76. The zero-order chi connectivity index (χ0) is 28.1. The summed E-state index contributed by atoms with van der Waals surface area (Å²) in [7, 11) is 1.64. The largest absolute Gasteiger partial charge is 0.496 e. The maximum Gasteiger partial charge on any atom is 0.255 e. The van der Waals surface area contributed by atoms with Gasteiger partial charge in [-0.05, 0) is 54.8 Å². The van der Waals surface area contributed by atoms with Gasteiger partial charge in [0.15, 0.2) is 0 Å². The normalized spacial score (nSPS) is 11.2. The van der Waals surface area contributed by atoms with Crippen molar-refractivity contribution in [1.29, 1.82) is 0 Å². The number of ether oxygens (including phenoxy) is 1. The van der Waals surface area contributed by atoms with Crippen molar-refractivity contribution in [3.8, 4) is 5.75 Å². The summed E-state index contributed by atoms with van der Waals surface area (Å²) < 4.78 is 5.58. The minimum absolute atomic E-state index is 0.0112. The molecule has 6 heteroatoms. The smallest absolute Gasteiger partial charge is 0.255 e. The molecule has 0 aliphatic carbocycles. The first-order valence-electron chi connectivity index (χ1n) is 13.7. The number of methoxy groups -OCH3 is 1. The molecule has 0 bridgehead atoms. The third-order valence-electron chi connectivity index (χ3n) is 7.44. The number of aromatic nitrogens is 1. The van der Waals surface area contributed by atoms with Gasteiger partial charge in [0.25, 0.3) is 5.91 Å². The van der Waals surface area contributed by atoms with Crippen molar-refractivity contribution >= 4 is 33.5 Å². The lowest BCUT2D eigenvalue weighted by Crippen LogP contribution is -2.46. The van der Waals surface area contributed by atoms with Gasteiger partial charge in [0, 0.05) is 47.4 Å². The predicted molar refractivity (Wildman–Crippen MR) is 161 cm³/mol. The second kappa shape index (κ2) is 12.1. The van der Waals surface area contributed by atoms with Crippen LogP contribution in [0.3, 0.4) is 0 Å². The molecule has 0 aliphatic heterocycles. The van der Waals surface area contributed by atoms with E-state index in [0.717, 1.165) is 38.6 Å². The van der Waals surface area contributed by atoms with Crippen molar-refractivity contribution < 1.29 is 14.3 Å². The molecule has 0 saturated carbocycles. The number of nitrogens with zero attached hydrogens (tertiary/aromatic N) is 2. The summed E-state index contributed by atoms with van der Waals surface area (Å²) in [5.74, 6) is 0.488. The Morgan fingerprint density at radius 2 is 1.52 bits per heavy atom. The summed E-state index contributed by atoms with van der Waals surface area (Å²) in [4.78, 5) is 34.6. The van der Waals surface area contributed by atoms with E-state index in [2.05, 4.69) is 17.1 Å². The summed E-state index contributed by atoms with van der Waals surface area (Å²) in [6.45, 7) is 4.79. The van der Waals surface area contributed by atoms with Crippen LogP contribution in [0.25, 0.3) is 21.7 Å². The van der Waals surface area contributed by atoms with Crippen molar-refractivity contribution in [2.24, 2.45) is 0 Å². The van der Waals surface area contributed by atoms with Crippen LogP contribution in [0.4, 0.5) is 0 Å². The molecule has 6 nitrogen and oxygen atoms in total. The summed E-state index contributed by atoms with van der Waals surface area (Å²) >= 11 is 0. The lowest BCUT2D eigenvalue weighted by Gasteiger charge is -2.31.